The molecule has 0 unspecified atom stereocenters. The summed E-state index contributed by atoms with van der Waals surface area (Å²) in [6, 6.07) is 15.1. The molecule has 0 aliphatic rings. The Morgan fingerprint density at radius 3 is 2.78 bits per heavy atom. The SMILES string of the molecule is CCOc1ccc(CCNC(=O)Nc2cccc3cccnc23)cc1OC. The van der Waals surface area contributed by atoms with Crippen LogP contribution in [0, 0.1) is 0 Å². The van der Waals surface area contributed by atoms with Crippen molar-refractivity contribution in [2.45, 2.75) is 13.3 Å². The monoisotopic (exact) mass is 365 g/mol. The van der Waals surface area contributed by atoms with Crippen molar-refractivity contribution in [2.75, 3.05) is 25.6 Å². The van der Waals surface area contributed by atoms with Gasteiger partial charge in [-0.25, -0.2) is 4.79 Å². The predicted molar refractivity (Wildman–Crippen MR) is 107 cm³/mol. The van der Waals surface area contributed by atoms with Crippen LogP contribution in [-0.4, -0.2) is 31.3 Å². The van der Waals surface area contributed by atoms with Gasteiger partial charge in [0.05, 0.1) is 24.9 Å². The molecule has 1 heterocycles. The van der Waals surface area contributed by atoms with Crippen LogP contribution >= 0.6 is 0 Å². The molecule has 140 valence electrons. The van der Waals surface area contributed by atoms with Crippen molar-refractivity contribution in [3.05, 3.63) is 60.3 Å². The Bertz CT molecular complexity index is 922. The molecule has 3 aromatic rings. The van der Waals surface area contributed by atoms with Crippen molar-refractivity contribution in [1.29, 1.82) is 0 Å². The molecule has 2 N–H and O–H groups in total. The normalized spacial score (nSPS) is 10.4. The first-order chi connectivity index (χ1) is 13.2. The van der Waals surface area contributed by atoms with Crippen LogP contribution in [0.15, 0.2) is 54.7 Å². The van der Waals surface area contributed by atoms with Gasteiger partial charge in [-0.15, -0.1) is 0 Å². The molecular weight excluding hydrogens is 342 g/mol. The average Bonchev–Trinajstić information content (AvgIpc) is 2.69. The fourth-order valence-electron chi connectivity index (χ4n) is 2.83. The van der Waals surface area contributed by atoms with E-state index in [1.54, 1.807) is 13.3 Å². The van der Waals surface area contributed by atoms with E-state index in [0.29, 0.717) is 31.0 Å². The van der Waals surface area contributed by atoms with Crippen LogP contribution in [0.4, 0.5) is 10.5 Å². The molecule has 0 aliphatic carbocycles. The van der Waals surface area contributed by atoms with Crippen molar-refractivity contribution in [1.82, 2.24) is 10.3 Å². The number of carbonyl (C=O) groups is 1. The second-order valence-electron chi connectivity index (χ2n) is 5.93. The van der Waals surface area contributed by atoms with Gasteiger partial charge in [-0.1, -0.05) is 24.3 Å². The fraction of sp³-hybridized carbons (Fsp3) is 0.238. The zero-order chi connectivity index (χ0) is 19.1. The van der Waals surface area contributed by atoms with Gasteiger partial charge in [0.1, 0.15) is 0 Å². The van der Waals surface area contributed by atoms with E-state index in [2.05, 4.69) is 15.6 Å². The maximum absolute atomic E-state index is 12.2. The minimum atomic E-state index is -0.258. The number of anilines is 1. The predicted octanol–water partition coefficient (Wildman–Crippen LogP) is 4.01. The molecule has 0 bridgehead atoms. The third kappa shape index (κ3) is 4.67. The lowest BCUT2D eigenvalue weighted by Crippen LogP contribution is -2.30. The summed E-state index contributed by atoms with van der Waals surface area (Å²) in [6.07, 6.45) is 2.40. The van der Waals surface area contributed by atoms with Crippen LogP contribution in [0.1, 0.15) is 12.5 Å². The molecule has 0 saturated heterocycles. The maximum Gasteiger partial charge on any atom is 0.319 e. The van der Waals surface area contributed by atoms with Gasteiger partial charge >= 0.3 is 6.03 Å². The number of aromatic nitrogens is 1. The van der Waals surface area contributed by atoms with Gasteiger partial charge in [0.2, 0.25) is 0 Å². The quantitative estimate of drug-likeness (QED) is 0.664. The highest BCUT2D eigenvalue weighted by Gasteiger charge is 2.08. The number of nitrogens with one attached hydrogen (secondary N) is 2. The lowest BCUT2D eigenvalue weighted by atomic mass is 10.1. The highest BCUT2D eigenvalue weighted by Crippen LogP contribution is 2.28. The molecule has 0 aliphatic heterocycles. The molecular formula is C21H23N3O3. The van der Waals surface area contributed by atoms with Gasteiger partial charge in [0, 0.05) is 18.1 Å². The fourth-order valence-corrected chi connectivity index (χ4v) is 2.83. The standard InChI is InChI=1S/C21H23N3O3/c1-3-27-18-10-9-15(14-19(18)26-2)11-13-23-21(25)24-17-8-4-6-16-7-5-12-22-20(16)17/h4-10,12,14H,3,11,13H2,1-2H3,(H2,23,24,25). The number of pyridine rings is 1. The number of ether oxygens (including phenoxy) is 2. The first kappa shape index (κ1) is 18.5. The van der Waals surface area contributed by atoms with Crippen molar-refractivity contribution in [2.24, 2.45) is 0 Å². The Morgan fingerprint density at radius 1 is 1.11 bits per heavy atom. The number of methoxy groups -OCH3 is 1. The first-order valence-corrected chi connectivity index (χ1v) is 8.89. The lowest BCUT2D eigenvalue weighted by molar-refractivity contribution is 0.252. The zero-order valence-electron chi connectivity index (χ0n) is 15.5. The van der Waals surface area contributed by atoms with E-state index in [1.165, 1.54) is 0 Å². The maximum atomic E-state index is 12.2. The zero-order valence-corrected chi connectivity index (χ0v) is 15.5. The molecule has 0 radical (unpaired) electrons. The Kier molecular flexibility index (Phi) is 6.10. The van der Waals surface area contributed by atoms with Crippen LogP contribution < -0.4 is 20.1 Å². The molecule has 2 aromatic carbocycles. The van der Waals surface area contributed by atoms with Crippen LogP contribution in [0.5, 0.6) is 11.5 Å². The topological polar surface area (TPSA) is 72.5 Å². The number of hydrogen-bond acceptors (Lipinski definition) is 4. The summed E-state index contributed by atoms with van der Waals surface area (Å²) in [7, 11) is 1.62. The number of urea groups is 1. The molecule has 0 saturated carbocycles. The van der Waals surface area contributed by atoms with E-state index in [-0.39, 0.29) is 6.03 Å². The lowest BCUT2D eigenvalue weighted by Gasteiger charge is -2.12. The van der Waals surface area contributed by atoms with Crippen molar-refractivity contribution in [3.8, 4) is 11.5 Å². The number of fused-ring (bicyclic) bond motifs is 1. The summed E-state index contributed by atoms with van der Waals surface area (Å²) >= 11 is 0. The number of nitrogens with zero attached hydrogens (tertiary/aromatic N) is 1. The van der Waals surface area contributed by atoms with E-state index in [9.17, 15) is 4.79 Å². The third-order valence-corrected chi connectivity index (χ3v) is 4.11. The second kappa shape index (κ2) is 8.89. The summed E-state index contributed by atoms with van der Waals surface area (Å²) in [4.78, 5) is 16.6. The highest BCUT2D eigenvalue weighted by atomic mass is 16.5. The van der Waals surface area contributed by atoms with E-state index in [4.69, 9.17) is 9.47 Å². The van der Waals surface area contributed by atoms with Gasteiger partial charge in [-0.3, -0.25) is 4.98 Å². The van der Waals surface area contributed by atoms with Gasteiger partial charge in [0.25, 0.3) is 0 Å². The number of amides is 2. The molecule has 3 rings (SSSR count). The Balaban J connectivity index is 1.56. The van der Waals surface area contributed by atoms with Gasteiger partial charge in [-0.2, -0.15) is 0 Å². The molecule has 2 amide bonds. The van der Waals surface area contributed by atoms with Crippen LogP contribution in [0.2, 0.25) is 0 Å². The van der Waals surface area contributed by atoms with E-state index in [1.807, 2.05) is 55.5 Å². The molecule has 6 nitrogen and oxygen atoms in total. The summed E-state index contributed by atoms with van der Waals surface area (Å²) in [5.41, 5.74) is 2.52. The summed E-state index contributed by atoms with van der Waals surface area (Å²) in [5.74, 6) is 1.42. The van der Waals surface area contributed by atoms with E-state index < -0.39 is 0 Å². The smallest absolute Gasteiger partial charge is 0.319 e. The summed E-state index contributed by atoms with van der Waals surface area (Å²) < 4.78 is 10.9. The van der Waals surface area contributed by atoms with Crippen LogP contribution in [0.3, 0.4) is 0 Å². The molecule has 0 atom stereocenters. The molecule has 0 fully saturated rings. The largest absolute Gasteiger partial charge is 0.493 e. The Labute approximate surface area is 158 Å². The number of benzene rings is 2. The van der Waals surface area contributed by atoms with Crippen molar-refractivity contribution in [3.63, 3.8) is 0 Å². The summed E-state index contributed by atoms with van der Waals surface area (Å²) in [6.45, 7) is 3.02. The molecule has 27 heavy (non-hydrogen) atoms. The number of rotatable bonds is 7. The molecule has 0 spiro atoms. The van der Waals surface area contributed by atoms with Crippen LogP contribution in [0.25, 0.3) is 10.9 Å². The average molecular weight is 365 g/mol. The van der Waals surface area contributed by atoms with Gasteiger partial charge in [-0.05, 0) is 43.2 Å². The molecule has 6 heteroatoms. The minimum absolute atomic E-state index is 0.258. The number of hydrogen-bond donors (Lipinski definition) is 2. The first-order valence-electron chi connectivity index (χ1n) is 8.89. The van der Waals surface area contributed by atoms with Gasteiger partial charge < -0.3 is 20.1 Å². The minimum Gasteiger partial charge on any atom is -0.493 e. The van der Waals surface area contributed by atoms with Crippen molar-refractivity contribution < 1.29 is 14.3 Å². The third-order valence-electron chi connectivity index (χ3n) is 4.11. The summed E-state index contributed by atoms with van der Waals surface area (Å²) in [5, 5.41) is 6.72. The Morgan fingerprint density at radius 2 is 1.96 bits per heavy atom. The van der Waals surface area contributed by atoms with Gasteiger partial charge in [0.15, 0.2) is 11.5 Å². The van der Waals surface area contributed by atoms with E-state index in [0.717, 1.165) is 22.2 Å². The number of carbonyl (C=O) groups excluding carboxylic acids is 1. The van der Waals surface area contributed by atoms with Crippen LogP contribution in [-0.2, 0) is 6.42 Å². The second-order valence-corrected chi connectivity index (χ2v) is 5.93. The van der Waals surface area contributed by atoms with Crippen molar-refractivity contribution >= 4 is 22.6 Å². The van der Waals surface area contributed by atoms with E-state index >= 15 is 0 Å². The Hall–Kier alpha value is -3.28. The highest BCUT2D eigenvalue weighted by molar-refractivity contribution is 5.99. The molecule has 1 aromatic heterocycles. The number of para-hydroxylation sites is 1.